The van der Waals surface area contributed by atoms with Gasteiger partial charge in [-0.2, -0.15) is 0 Å². The van der Waals surface area contributed by atoms with Crippen LogP contribution in [0.25, 0.3) is 0 Å². The van der Waals surface area contributed by atoms with Crippen LogP contribution in [0.4, 0.5) is 5.69 Å². The third-order valence-corrected chi connectivity index (χ3v) is 2.59. The van der Waals surface area contributed by atoms with Crippen molar-refractivity contribution in [2.45, 2.75) is 26.2 Å². The average molecular weight is 212 g/mol. The molecule has 78 valence electrons. The number of anilines is 1. The van der Waals surface area contributed by atoms with Crippen LogP contribution in [0.2, 0.25) is 5.02 Å². The molecule has 0 aliphatic rings. The number of halogens is 1. The zero-order valence-corrected chi connectivity index (χ0v) is 10.3. The van der Waals surface area contributed by atoms with Crippen molar-refractivity contribution in [1.29, 1.82) is 0 Å². The van der Waals surface area contributed by atoms with E-state index in [1.807, 2.05) is 20.2 Å². The van der Waals surface area contributed by atoms with E-state index in [0.29, 0.717) is 0 Å². The predicted molar refractivity (Wildman–Crippen MR) is 64.5 cm³/mol. The number of hydrogen-bond donors (Lipinski definition) is 0. The van der Waals surface area contributed by atoms with Crippen LogP contribution in [0.3, 0.4) is 0 Å². The smallest absolute Gasteiger partial charge is 0.0463 e. The third kappa shape index (κ3) is 2.42. The lowest BCUT2D eigenvalue weighted by Crippen LogP contribution is -2.13. The normalized spacial score (nSPS) is 11.6. The molecule has 0 heterocycles. The van der Waals surface area contributed by atoms with Gasteiger partial charge in [-0.3, -0.25) is 0 Å². The van der Waals surface area contributed by atoms with Crippen molar-refractivity contribution in [1.82, 2.24) is 0 Å². The molecule has 0 aliphatic carbocycles. The highest BCUT2D eigenvalue weighted by molar-refractivity contribution is 6.31. The van der Waals surface area contributed by atoms with Crippen molar-refractivity contribution in [3.63, 3.8) is 0 Å². The summed E-state index contributed by atoms with van der Waals surface area (Å²) in [6.45, 7) is 6.51. The first-order chi connectivity index (χ1) is 6.32. The van der Waals surface area contributed by atoms with Gasteiger partial charge >= 0.3 is 0 Å². The second-order valence-corrected chi connectivity index (χ2v) is 5.22. The van der Waals surface area contributed by atoms with Crippen molar-refractivity contribution in [3.05, 3.63) is 28.8 Å². The van der Waals surface area contributed by atoms with Gasteiger partial charge in [0.15, 0.2) is 0 Å². The lowest BCUT2D eigenvalue weighted by Gasteiger charge is -2.22. The minimum atomic E-state index is 0.113. The Kier molecular flexibility index (Phi) is 3.10. The molecule has 1 nitrogen and oxygen atoms in total. The molecule has 1 rings (SSSR count). The molecule has 0 aromatic heterocycles. The Bertz CT molecular complexity index is 324. The fourth-order valence-corrected chi connectivity index (χ4v) is 1.85. The molecule has 0 unspecified atom stereocenters. The highest BCUT2D eigenvalue weighted by Gasteiger charge is 2.17. The van der Waals surface area contributed by atoms with Gasteiger partial charge in [0.1, 0.15) is 0 Å². The molecule has 1 aromatic rings. The van der Waals surface area contributed by atoms with E-state index in [1.165, 1.54) is 5.56 Å². The summed E-state index contributed by atoms with van der Waals surface area (Å²) in [4.78, 5) is 2.05. The molecule has 0 saturated carbocycles. The number of rotatable bonds is 1. The summed E-state index contributed by atoms with van der Waals surface area (Å²) < 4.78 is 0. The van der Waals surface area contributed by atoms with Gasteiger partial charge < -0.3 is 4.90 Å². The van der Waals surface area contributed by atoms with E-state index in [0.717, 1.165) is 10.7 Å². The van der Waals surface area contributed by atoms with Crippen LogP contribution in [-0.2, 0) is 5.41 Å². The van der Waals surface area contributed by atoms with E-state index in [-0.39, 0.29) is 5.41 Å². The lowest BCUT2D eigenvalue weighted by molar-refractivity contribution is 0.590. The SMILES string of the molecule is CN(C)c1ccc(C(C)(C)C)c(Cl)c1. The van der Waals surface area contributed by atoms with Crippen molar-refractivity contribution < 1.29 is 0 Å². The molecule has 0 fully saturated rings. The maximum atomic E-state index is 6.23. The Morgan fingerprint density at radius 2 is 1.71 bits per heavy atom. The quantitative estimate of drug-likeness (QED) is 0.685. The fraction of sp³-hybridized carbons (Fsp3) is 0.500. The molecule has 0 saturated heterocycles. The molecular formula is C12H18ClN. The summed E-state index contributed by atoms with van der Waals surface area (Å²) in [5, 5.41) is 0.851. The Morgan fingerprint density at radius 1 is 1.14 bits per heavy atom. The van der Waals surface area contributed by atoms with E-state index in [1.54, 1.807) is 0 Å². The molecule has 0 N–H and O–H groups in total. The number of benzene rings is 1. The molecule has 0 atom stereocenters. The second kappa shape index (κ2) is 3.82. The van der Waals surface area contributed by atoms with Gasteiger partial charge in [-0.1, -0.05) is 38.4 Å². The number of hydrogen-bond acceptors (Lipinski definition) is 1. The standard InChI is InChI=1S/C12H18ClN/c1-12(2,3)10-7-6-9(14(4)5)8-11(10)13/h6-8H,1-5H3. The predicted octanol–water partition coefficient (Wildman–Crippen LogP) is 3.70. The van der Waals surface area contributed by atoms with Gasteiger partial charge in [0, 0.05) is 24.8 Å². The molecule has 0 spiro atoms. The molecule has 14 heavy (non-hydrogen) atoms. The molecule has 0 radical (unpaired) electrons. The monoisotopic (exact) mass is 211 g/mol. The number of nitrogens with zero attached hydrogens (tertiary/aromatic N) is 1. The third-order valence-electron chi connectivity index (χ3n) is 2.28. The van der Waals surface area contributed by atoms with Crippen molar-refractivity contribution in [2.24, 2.45) is 0 Å². The van der Waals surface area contributed by atoms with Gasteiger partial charge in [0.05, 0.1) is 0 Å². The highest BCUT2D eigenvalue weighted by atomic mass is 35.5. The summed E-state index contributed by atoms with van der Waals surface area (Å²) in [6.07, 6.45) is 0. The van der Waals surface area contributed by atoms with Crippen LogP contribution in [0.1, 0.15) is 26.3 Å². The maximum Gasteiger partial charge on any atom is 0.0463 e. The van der Waals surface area contributed by atoms with Crippen molar-refractivity contribution in [2.75, 3.05) is 19.0 Å². The largest absolute Gasteiger partial charge is 0.378 e. The fourth-order valence-electron chi connectivity index (χ4n) is 1.39. The Hall–Kier alpha value is -0.690. The first-order valence-corrected chi connectivity index (χ1v) is 5.17. The molecule has 0 bridgehead atoms. The highest BCUT2D eigenvalue weighted by Crippen LogP contribution is 2.31. The zero-order chi connectivity index (χ0) is 10.9. The van der Waals surface area contributed by atoms with E-state index >= 15 is 0 Å². The Morgan fingerprint density at radius 3 is 2.07 bits per heavy atom. The van der Waals surface area contributed by atoms with Crippen LogP contribution in [0.15, 0.2) is 18.2 Å². The summed E-state index contributed by atoms with van der Waals surface area (Å²) in [6, 6.07) is 6.23. The van der Waals surface area contributed by atoms with Gasteiger partial charge in [0.2, 0.25) is 0 Å². The molecule has 0 aliphatic heterocycles. The van der Waals surface area contributed by atoms with E-state index in [9.17, 15) is 0 Å². The van der Waals surface area contributed by atoms with Gasteiger partial charge in [-0.25, -0.2) is 0 Å². The van der Waals surface area contributed by atoms with E-state index < -0.39 is 0 Å². The second-order valence-electron chi connectivity index (χ2n) is 4.81. The Labute approximate surface area is 91.7 Å². The van der Waals surface area contributed by atoms with Gasteiger partial charge in [0.25, 0.3) is 0 Å². The molecule has 2 heteroatoms. The molecule has 0 amide bonds. The summed E-state index contributed by atoms with van der Waals surface area (Å²) in [7, 11) is 4.03. The maximum absolute atomic E-state index is 6.23. The topological polar surface area (TPSA) is 3.24 Å². The van der Waals surface area contributed by atoms with E-state index in [2.05, 4.69) is 37.8 Å². The summed E-state index contributed by atoms with van der Waals surface area (Å²) in [5.74, 6) is 0. The molecule has 1 aromatic carbocycles. The Balaban J connectivity index is 3.15. The van der Waals surface area contributed by atoms with Crippen LogP contribution in [0.5, 0.6) is 0 Å². The zero-order valence-electron chi connectivity index (χ0n) is 9.56. The van der Waals surface area contributed by atoms with Crippen LogP contribution >= 0.6 is 11.6 Å². The minimum absolute atomic E-state index is 0.113. The van der Waals surface area contributed by atoms with Crippen LogP contribution in [-0.4, -0.2) is 14.1 Å². The van der Waals surface area contributed by atoms with E-state index in [4.69, 9.17) is 11.6 Å². The summed E-state index contributed by atoms with van der Waals surface area (Å²) in [5.41, 5.74) is 2.45. The molecular weight excluding hydrogens is 194 g/mol. The van der Waals surface area contributed by atoms with Crippen LogP contribution in [0, 0.1) is 0 Å². The first kappa shape index (κ1) is 11.4. The lowest BCUT2D eigenvalue weighted by atomic mass is 9.87. The van der Waals surface area contributed by atoms with Gasteiger partial charge in [-0.15, -0.1) is 0 Å². The van der Waals surface area contributed by atoms with Crippen molar-refractivity contribution in [3.8, 4) is 0 Å². The summed E-state index contributed by atoms with van der Waals surface area (Å²) >= 11 is 6.23. The first-order valence-electron chi connectivity index (χ1n) is 4.80. The minimum Gasteiger partial charge on any atom is -0.378 e. The van der Waals surface area contributed by atoms with Gasteiger partial charge in [-0.05, 0) is 23.1 Å². The average Bonchev–Trinajstić information content (AvgIpc) is 2.01. The van der Waals surface area contributed by atoms with Crippen LogP contribution < -0.4 is 4.90 Å². The van der Waals surface area contributed by atoms with Crippen molar-refractivity contribution >= 4 is 17.3 Å².